The molecule has 1 aromatic heterocycles. The van der Waals surface area contributed by atoms with Crippen LogP contribution in [0.3, 0.4) is 0 Å². The number of ether oxygens (including phenoxy) is 1. The number of nitrogens with zero attached hydrogens (tertiary/aromatic N) is 3. The number of fused-ring (bicyclic) bond motifs is 1. The fraction of sp³-hybridized carbons (Fsp3) is 0.133. The van der Waals surface area contributed by atoms with Gasteiger partial charge in [-0.05, 0) is 58.7 Å². The summed E-state index contributed by atoms with van der Waals surface area (Å²) in [4.78, 5) is 12.4. The maximum Gasteiger partial charge on any atom is 0.286 e. The second-order valence-electron chi connectivity index (χ2n) is 4.85. The van der Waals surface area contributed by atoms with Gasteiger partial charge in [0.1, 0.15) is 11.3 Å². The van der Waals surface area contributed by atoms with Crippen molar-refractivity contribution in [3.8, 4) is 5.75 Å². The van der Waals surface area contributed by atoms with Crippen LogP contribution in [0.25, 0.3) is 11.0 Å². The summed E-state index contributed by atoms with van der Waals surface area (Å²) in [5.41, 5.74) is 2.22. The van der Waals surface area contributed by atoms with Gasteiger partial charge in [-0.15, -0.1) is 5.10 Å². The van der Waals surface area contributed by atoms with Gasteiger partial charge in [0.2, 0.25) is 0 Å². The molecular weight excluding hydrogens is 494 g/mol. The largest absolute Gasteiger partial charge is 0.482 e. The summed E-state index contributed by atoms with van der Waals surface area (Å²) in [6, 6.07) is 9.23. The summed E-state index contributed by atoms with van der Waals surface area (Å²) in [7, 11) is 0. The lowest BCUT2D eigenvalue weighted by molar-refractivity contribution is 0.0823. The number of hydrogen-bond acceptors (Lipinski definition) is 4. The quantitative estimate of drug-likeness (QED) is 0.518. The maximum atomic E-state index is 12.4. The zero-order valence-electron chi connectivity index (χ0n) is 11.9. The Labute approximate surface area is 157 Å². The van der Waals surface area contributed by atoms with E-state index in [0.717, 1.165) is 19.0 Å². The average molecular weight is 504 g/mol. The molecule has 2 aromatic carbocycles. The topological polar surface area (TPSA) is 57.0 Å². The van der Waals surface area contributed by atoms with E-state index in [0.29, 0.717) is 16.8 Å². The smallest absolute Gasteiger partial charge is 0.286 e. The van der Waals surface area contributed by atoms with Gasteiger partial charge in [0, 0.05) is 8.95 Å². The molecule has 8 heteroatoms. The molecule has 1 heterocycles. The van der Waals surface area contributed by atoms with E-state index < -0.39 is 0 Å². The number of aryl methyl sites for hydroxylation is 1. The van der Waals surface area contributed by atoms with Crippen LogP contribution < -0.4 is 4.74 Å². The molecule has 0 radical (unpaired) electrons. The van der Waals surface area contributed by atoms with E-state index in [1.165, 1.54) is 4.68 Å². The molecule has 0 unspecified atom stereocenters. The lowest BCUT2D eigenvalue weighted by atomic mass is 10.2. The predicted molar refractivity (Wildman–Crippen MR) is 97.9 cm³/mol. The van der Waals surface area contributed by atoms with Crippen LogP contribution in [0, 0.1) is 6.92 Å². The van der Waals surface area contributed by atoms with Crippen LogP contribution >= 0.6 is 47.8 Å². The lowest BCUT2D eigenvalue weighted by Gasteiger charge is -2.11. The number of benzene rings is 2. The molecule has 3 rings (SSSR count). The summed E-state index contributed by atoms with van der Waals surface area (Å²) >= 11 is 10.2. The predicted octanol–water partition coefficient (Wildman–Crippen LogP) is 4.75. The van der Waals surface area contributed by atoms with Crippen molar-refractivity contribution in [2.75, 3.05) is 6.61 Å². The van der Waals surface area contributed by atoms with Crippen LogP contribution in [0.15, 0.2) is 43.7 Å². The molecule has 0 aliphatic rings. The standard InChI is InChI=1S/C15H10Br3N3O2/c1-8-4-10(17)5-11(18)15(8)23-7-14(22)21-13-3-2-9(16)6-12(13)19-20-21/h2-6H,7H2,1H3. The van der Waals surface area contributed by atoms with E-state index in [4.69, 9.17) is 4.74 Å². The Kier molecular flexibility index (Phi) is 4.84. The zero-order valence-corrected chi connectivity index (χ0v) is 16.6. The van der Waals surface area contributed by atoms with Crippen molar-refractivity contribution in [3.05, 3.63) is 49.3 Å². The van der Waals surface area contributed by atoms with Crippen molar-refractivity contribution >= 4 is 64.7 Å². The number of carbonyl (C=O) groups is 1. The molecule has 0 fully saturated rings. The molecule has 0 saturated heterocycles. The van der Waals surface area contributed by atoms with Gasteiger partial charge < -0.3 is 4.74 Å². The number of halogens is 3. The normalized spacial score (nSPS) is 11.0. The highest BCUT2D eigenvalue weighted by molar-refractivity contribution is 9.11. The molecule has 0 aliphatic carbocycles. The Hall–Kier alpha value is -1.25. The Bertz CT molecular complexity index is 885. The second-order valence-corrected chi connectivity index (χ2v) is 7.54. The first-order chi connectivity index (χ1) is 11.0. The number of carbonyl (C=O) groups excluding carboxylic acids is 1. The molecule has 0 bridgehead atoms. The van der Waals surface area contributed by atoms with Crippen LogP contribution in [0.1, 0.15) is 10.4 Å². The Morgan fingerprint density at radius 1 is 1.17 bits per heavy atom. The molecule has 0 saturated carbocycles. The maximum absolute atomic E-state index is 12.4. The monoisotopic (exact) mass is 501 g/mol. The van der Waals surface area contributed by atoms with Crippen LogP contribution in [0.2, 0.25) is 0 Å². The van der Waals surface area contributed by atoms with Crippen LogP contribution in [0.4, 0.5) is 0 Å². The van der Waals surface area contributed by atoms with Crippen molar-refractivity contribution in [2.45, 2.75) is 6.92 Å². The summed E-state index contributed by atoms with van der Waals surface area (Å²) in [6.07, 6.45) is 0. The van der Waals surface area contributed by atoms with Gasteiger partial charge >= 0.3 is 0 Å². The molecule has 5 nitrogen and oxygen atoms in total. The summed E-state index contributed by atoms with van der Waals surface area (Å²) in [5, 5.41) is 7.90. The average Bonchev–Trinajstić information content (AvgIpc) is 2.88. The van der Waals surface area contributed by atoms with Crippen molar-refractivity contribution in [1.29, 1.82) is 0 Å². The molecule has 0 spiro atoms. The first kappa shape index (κ1) is 16.6. The number of rotatable bonds is 3. The highest BCUT2D eigenvalue weighted by atomic mass is 79.9. The Morgan fingerprint density at radius 3 is 2.70 bits per heavy atom. The lowest BCUT2D eigenvalue weighted by Crippen LogP contribution is -2.20. The molecule has 0 aliphatic heterocycles. The van der Waals surface area contributed by atoms with E-state index in [1.807, 2.05) is 31.2 Å². The van der Waals surface area contributed by atoms with E-state index >= 15 is 0 Å². The van der Waals surface area contributed by atoms with Crippen LogP contribution in [-0.4, -0.2) is 27.5 Å². The number of hydrogen-bond donors (Lipinski definition) is 0. The summed E-state index contributed by atoms with van der Waals surface area (Å²) < 4.78 is 9.52. The molecule has 118 valence electrons. The van der Waals surface area contributed by atoms with Crippen molar-refractivity contribution in [3.63, 3.8) is 0 Å². The summed E-state index contributed by atoms with van der Waals surface area (Å²) in [6.45, 7) is 1.79. The highest BCUT2D eigenvalue weighted by Crippen LogP contribution is 2.32. The van der Waals surface area contributed by atoms with Crippen molar-refractivity contribution in [2.24, 2.45) is 0 Å². The third-order valence-electron chi connectivity index (χ3n) is 3.18. The Morgan fingerprint density at radius 2 is 1.96 bits per heavy atom. The van der Waals surface area contributed by atoms with E-state index in [-0.39, 0.29) is 12.5 Å². The van der Waals surface area contributed by atoms with Gasteiger partial charge in [-0.2, -0.15) is 4.68 Å². The van der Waals surface area contributed by atoms with Gasteiger partial charge in [0.25, 0.3) is 5.91 Å². The second kappa shape index (κ2) is 6.70. The fourth-order valence-electron chi connectivity index (χ4n) is 2.15. The Balaban J connectivity index is 1.82. The molecule has 0 amide bonds. The van der Waals surface area contributed by atoms with E-state index in [1.54, 1.807) is 6.07 Å². The van der Waals surface area contributed by atoms with Gasteiger partial charge in [-0.25, -0.2) is 0 Å². The van der Waals surface area contributed by atoms with Gasteiger partial charge in [0.15, 0.2) is 6.61 Å². The van der Waals surface area contributed by atoms with Crippen molar-refractivity contribution < 1.29 is 9.53 Å². The van der Waals surface area contributed by atoms with Gasteiger partial charge in [-0.3, -0.25) is 4.79 Å². The van der Waals surface area contributed by atoms with Gasteiger partial charge in [0.05, 0.1) is 9.99 Å². The molecule has 0 atom stereocenters. The number of aromatic nitrogens is 3. The molecule has 23 heavy (non-hydrogen) atoms. The van der Waals surface area contributed by atoms with E-state index in [2.05, 4.69) is 58.1 Å². The molecule has 0 N–H and O–H groups in total. The minimum Gasteiger partial charge on any atom is -0.482 e. The minimum atomic E-state index is -0.288. The highest BCUT2D eigenvalue weighted by Gasteiger charge is 2.15. The third kappa shape index (κ3) is 3.49. The summed E-state index contributed by atoms with van der Waals surface area (Å²) in [5.74, 6) is 0.345. The SMILES string of the molecule is Cc1cc(Br)cc(Br)c1OCC(=O)n1nnc2cc(Br)ccc21. The fourth-order valence-corrected chi connectivity index (χ4v) is 4.05. The van der Waals surface area contributed by atoms with Gasteiger partial charge in [-0.1, -0.05) is 37.1 Å². The van der Waals surface area contributed by atoms with E-state index in [9.17, 15) is 4.79 Å². The van der Waals surface area contributed by atoms with Crippen LogP contribution in [0.5, 0.6) is 5.75 Å². The van der Waals surface area contributed by atoms with Crippen LogP contribution in [-0.2, 0) is 0 Å². The first-order valence-corrected chi connectivity index (χ1v) is 8.96. The van der Waals surface area contributed by atoms with Crippen molar-refractivity contribution in [1.82, 2.24) is 15.0 Å². The molecule has 3 aromatic rings. The zero-order chi connectivity index (χ0) is 16.6. The molecular formula is C15H10Br3N3O2. The minimum absolute atomic E-state index is 0.129. The third-order valence-corrected chi connectivity index (χ3v) is 4.72. The first-order valence-electron chi connectivity index (χ1n) is 6.58.